The molecular weight excluding hydrogens is 1400 g/mol. The molecule has 0 saturated carbocycles. The van der Waals surface area contributed by atoms with E-state index in [1.807, 2.05) is 0 Å². The van der Waals surface area contributed by atoms with Crippen LogP contribution < -0.4 is 13.6 Å². The Bertz CT molecular complexity index is 2830. The number of benzene rings is 6. The van der Waals surface area contributed by atoms with E-state index in [0.717, 1.165) is 79.7 Å². The molecule has 0 aromatic heterocycles. The molecule has 0 bridgehead atoms. The van der Waals surface area contributed by atoms with Crippen LogP contribution in [0.2, 0.25) is 0 Å². The maximum Gasteiger partial charge on any atom is 0.530 e. The van der Waals surface area contributed by atoms with E-state index in [1.165, 1.54) is 360 Å². The fourth-order valence-corrected chi connectivity index (χ4v) is 17.7. The Morgan fingerprint density at radius 1 is 0.234 bits per heavy atom. The van der Waals surface area contributed by atoms with Crippen molar-refractivity contribution in [1.82, 2.24) is 0 Å². The molecule has 6 nitrogen and oxygen atoms in total. The summed E-state index contributed by atoms with van der Waals surface area (Å²) in [4.78, 5) is 22.0. The van der Waals surface area contributed by atoms with Crippen molar-refractivity contribution in [2.75, 3.05) is 0 Å². The van der Waals surface area contributed by atoms with Crippen molar-refractivity contribution in [3.8, 4) is 17.2 Å². The molecule has 0 aliphatic rings. The summed E-state index contributed by atoms with van der Waals surface area (Å²) >= 11 is 0. The molecule has 1 unspecified atom stereocenters. The molecule has 0 fully saturated rings. The van der Waals surface area contributed by atoms with Gasteiger partial charge in [0.1, 0.15) is 22.8 Å². The predicted octanol–water partition coefficient (Wildman–Crippen LogP) is 34.1. The van der Waals surface area contributed by atoms with E-state index in [4.69, 9.17) is 18.1 Å². The van der Waals surface area contributed by atoms with Gasteiger partial charge in [0, 0.05) is 5.92 Å². The van der Waals surface area contributed by atoms with Crippen LogP contribution in [0.15, 0.2) is 146 Å². The Morgan fingerprint density at radius 2 is 0.423 bits per heavy atom. The van der Waals surface area contributed by atoms with E-state index in [0.29, 0.717) is 0 Å². The minimum atomic E-state index is -2.66. The third kappa shape index (κ3) is 44.4. The van der Waals surface area contributed by atoms with Crippen molar-refractivity contribution < 1.29 is 27.9 Å². The minimum absolute atomic E-state index is 0.0908. The molecule has 2 N–H and O–H groups in total. The number of unbranched alkanes of at least 4 members (excludes halogenated alkanes) is 44. The van der Waals surface area contributed by atoms with Crippen LogP contribution in [0.5, 0.6) is 17.2 Å². The van der Waals surface area contributed by atoms with Crippen molar-refractivity contribution in [2.45, 2.75) is 432 Å². The zero-order valence-corrected chi connectivity index (χ0v) is 74.2. The van der Waals surface area contributed by atoms with E-state index < -0.39 is 22.8 Å². The third-order valence-electron chi connectivity index (χ3n) is 23.2. The molecule has 6 rings (SSSR count). The lowest BCUT2D eigenvalue weighted by Gasteiger charge is -2.42. The summed E-state index contributed by atoms with van der Waals surface area (Å²) in [6, 6.07) is 53.1. The van der Waals surface area contributed by atoms with Crippen LogP contribution in [0.1, 0.15) is 438 Å². The van der Waals surface area contributed by atoms with Gasteiger partial charge < -0.3 is 23.4 Å². The Morgan fingerprint density at radius 3 is 0.640 bits per heavy atom. The van der Waals surface area contributed by atoms with E-state index >= 15 is 0 Å². The molecule has 0 spiro atoms. The molecule has 0 amide bonds. The zero-order chi connectivity index (χ0) is 79.0. The van der Waals surface area contributed by atoms with Crippen LogP contribution in [-0.2, 0) is 48.6 Å². The summed E-state index contributed by atoms with van der Waals surface area (Å²) in [6.45, 7) is 16.0. The number of hydrogen-bond donors (Lipinski definition) is 2. The second-order valence-electron chi connectivity index (χ2n) is 33.0. The average molecular weight is 1560 g/mol. The van der Waals surface area contributed by atoms with Crippen LogP contribution in [-0.4, -0.2) is 9.79 Å². The second kappa shape index (κ2) is 65.6. The maximum absolute atomic E-state index is 11.0. The van der Waals surface area contributed by atoms with Gasteiger partial charge in [0.05, 0.1) is 0 Å². The first-order valence-electron chi connectivity index (χ1n) is 46.9. The molecule has 0 aliphatic carbocycles. The highest BCUT2D eigenvalue weighted by Crippen LogP contribution is 2.54. The van der Waals surface area contributed by atoms with E-state index in [1.54, 1.807) is 0 Å². The molecule has 0 aliphatic heterocycles. The monoisotopic (exact) mass is 1560 g/mol. The molecule has 0 heterocycles. The fraction of sp³-hybridized carbons (Fsp3) is 0.650. The summed E-state index contributed by atoms with van der Waals surface area (Å²) in [5.74, 6) is 2.24. The molecule has 6 aromatic carbocycles. The van der Waals surface area contributed by atoms with Gasteiger partial charge in [-0.3, -0.25) is 4.52 Å². The van der Waals surface area contributed by atoms with Crippen molar-refractivity contribution in [3.63, 3.8) is 0 Å². The normalized spacial score (nSPS) is 11.9. The Kier molecular flexibility index (Phi) is 57.3. The quantitative estimate of drug-likeness (QED) is 0.0293. The van der Waals surface area contributed by atoms with Gasteiger partial charge >= 0.3 is 17.2 Å². The molecule has 8 heteroatoms. The standard InChI is InChI=1S/C58H95O3P.C45H69O3P/c1-5-9-13-17-21-22-26-30-34-38-57(54-45-39-51(40-46-54)35-31-27-23-18-14-10-6-2)58(61-62(59)60,55-47-41-52(42-48-55)36-32-28-24-19-15-11-7-3)56-49-43-53(44-50-56)37-33-29-25-20-16-12-8-4;1-4-7-10-13-16-19-22-25-40-28-34-43(35-29-40)46-49(47-44-36-30-41(31-37-44)26-23-20-17-14-11-8-5-2)48-45-38-32-42(33-39-45)27-24-21-18-15-12-9-6-3/h39-50,57,59-60H,5-38H2,1-4H3;28-39H,4-27H2,1-3H3. The van der Waals surface area contributed by atoms with Gasteiger partial charge in [-0.2, -0.15) is 0 Å². The van der Waals surface area contributed by atoms with Gasteiger partial charge in [0.2, 0.25) is 0 Å². The molecule has 0 saturated heterocycles. The smallest absolute Gasteiger partial charge is 0.409 e. The summed E-state index contributed by atoms with van der Waals surface area (Å²) in [5.41, 5.74) is 10.4. The first-order valence-corrected chi connectivity index (χ1v) is 49.2. The number of rotatable bonds is 70. The predicted molar refractivity (Wildman–Crippen MR) is 485 cm³/mol. The van der Waals surface area contributed by atoms with Crippen LogP contribution >= 0.6 is 17.2 Å². The lowest BCUT2D eigenvalue weighted by Crippen LogP contribution is -2.37. The summed E-state index contributed by atoms with van der Waals surface area (Å²) in [7, 11) is -4.35. The minimum Gasteiger partial charge on any atom is -0.409 e. The first-order chi connectivity index (χ1) is 54.7. The van der Waals surface area contributed by atoms with Crippen molar-refractivity contribution in [3.05, 3.63) is 196 Å². The van der Waals surface area contributed by atoms with E-state index in [9.17, 15) is 9.79 Å². The van der Waals surface area contributed by atoms with Gasteiger partial charge in [-0.1, -0.05) is 447 Å². The van der Waals surface area contributed by atoms with Gasteiger partial charge in [-0.25, -0.2) is 0 Å². The number of aryl methyl sites for hydroxylation is 6. The molecule has 6 aromatic rings. The lowest BCUT2D eigenvalue weighted by molar-refractivity contribution is 0.0578. The molecule has 111 heavy (non-hydrogen) atoms. The molecule has 622 valence electrons. The zero-order valence-electron chi connectivity index (χ0n) is 72.4. The fourth-order valence-electron chi connectivity index (χ4n) is 16.1. The molecule has 0 radical (unpaired) electrons. The summed E-state index contributed by atoms with van der Waals surface area (Å²) in [6.07, 6.45) is 74.5. The van der Waals surface area contributed by atoms with Crippen molar-refractivity contribution in [1.29, 1.82) is 0 Å². The van der Waals surface area contributed by atoms with Gasteiger partial charge in [0.25, 0.3) is 0 Å². The van der Waals surface area contributed by atoms with E-state index in [2.05, 4.69) is 194 Å². The third-order valence-corrected chi connectivity index (χ3v) is 24.7. The van der Waals surface area contributed by atoms with Crippen LogP contribution in [0.4, 0.5) is 0 Å². The van der Waals surface area contributed by atoms with Crippen LogP contribution in [0.25, 0.3) is 0 Å². The molecule has 1 atom stereocenters. The largest absolute Gasteiger partial charge is 0.530 e. The maximum atomic E-state index is 11.0. The second-order valence-corrected chi connectivity index (χ2v) is 34.7. The summed E-state index contributed by atoms with van der Waals surface area (Å²) < 4.78 is 25.9. The first kappa shape index (κ1) is 97.0. The van der Waals surface area contributed by atoms with E-state index in [-0.39, 0.29) is 5.92 Å². The summed E-state index contributed by atoms with van der Waals surface area (Å²) in [5, 5.41) is 0. The van der Waals surface area contributed by atoms with Gasteiger partial charge in [0.15, 0.2) is 0 Å². The average Bonchev–Trinajstić information content (AvgIpc) is 0.744. The highest BCUT2D eigenvalue weighted by Gasteiger charge is 2.46. The van der Waals surface area contributed by atoms with Gasteiger partial charge in [-0.15, -0.1) is 0 Å². The molecular formula is C103H164O6P2. The highest BCUT2D eigenvalue weighted by molar-refractivity contribution is 7.43. The SMILES string of the molecule is CCCCCCCCCCCC(c1ccc(CCCCCCCCC)cc1)C(OP(O)O)(c1ccc(CCCCCCCCC)cc1)c1ccc(CCCCCCCCC)cc1.CCCCCCCCCc1ccc(OP(Oc2ccc(CCCCCCCCC)cc2)Oc2ccc(CCCCCCCCC)cc2)cc1. The van der Waals surface area contributed by atoms with Crippen LogP contribution in [0, 0.1) is 0 Å². The topological polar surface area (TPSA) is 77.4 Å². The van der Waals surface area contributed by atoms with Crippen molar-refractivity contribution >= 4 is 17.2 Å². The number of hydrogen-bond acceptors (Lipinski definition) is 6. The highest BCUT2D eigenvalue weighted by atomic mass is 31.2. The van der Waals surface area contributed by atoms with Crippen LogP contribution in [0.3, 0.4) is 0 Å². The Balaban J connectivity index is 0.000000408. The Labute approximate surface area is 686 Å². The Hall–Kier alpha value is -4.54. The van der Waals surface area contributed by atoms with Gasteiger partial charge in [-0.05, 0) is 170 Å². The lowest BCUT2D eigenvalue weighted by atomic mass is 9.70. The van der Waals surface area contributed by atoms with Crippen molar-refractivity contribution in [2.24, 2.45) is 0 Å².